The predicted molar refractivity (Wildman–Crippen MR) is 85.1 cm³/mol. The Balaban J connectivity index is 1.58. The summed E-state index contributed by atoms with van der Waals surface area (Å²) < 4.78 is 5.72. The Morgan fingerprint density at radius 3 is 2.90 bits per heavy atom. The monoisotopic (exact) mass is 295 g/mol. The second-order valence-electron chi connectivity index (χ2n) is 5.43. The van der Waals surface area contributed by atoms with Crippen LogP contribution in [0.3, 0.4) is 0 Å². The first-order valence-electron chi connectivity index (χ1n) is 7.38. The highest BCUT2D eigenvalue weighted by Gasteiger charge is 2.15. The van der Waals surface area contributed by atoms with Gasteiger partial charge in [0.15, 0.2) is 0 Å². The van der Waals surface area contributed by atoms with E-state index < -0.39 is 6.10 Å². The average Bonchev–Trinajstić information content (AvgIpc) is 2.99. The molecule has 1 saturated heterocycles. The smallest absolute Gasteiger partial charge is 0.0897 e. The second kappa shape index (κ2) is 8.67. The van der Waals surface area contributed by atoms with Gasteiger partial charge in [-0.1, -0.05) is 30.3 Å². The zero-order valence-corrected chi connectivity index (χ0v) is 12.9. The maximum absolute atomic E-state index is 9.93. The molecule has 1 aromatic carbocycles. The first-order valence-corrected chi connectivity index (χ1v) is 8.54. The number of hydrogen-bond acceptors (Lipinski definition) is 4. The Morgan fingerprint density at radius 1 is 1.40 bits per heavy atom. The summed E-state index contributed by atoms with van der Waals surface area (Å²) in [6, 6.07) is 10.1. The first kappa shape index (κ1) is 15.8. The second-order valence-corrected chi connectivity index (χ2v) is 6.58. The van der Waals surface area contributed by atoms with E-state index in [0.717, 1.165) is 18.0 Å². The topological polar surface area (TPSA) is 41.5 Å². The van der Waals surface area contributed by atoms with Crippen molar-refractivity contribution < 1.29 is 9.84 Å². The summed E-state index contributed by atoms with van der Waals surface area (Å²) in [5.74, 6) is 3.31. The van der Waals surface area contributed by atoms with Crippen LogP contribution in [0.5, 0.6) is 0 Å². The Hall–Kier alpha value is -0.550. The fourth-order valence-electron chi connectivity index (χ4n) is 2.33. The van der Waals surface area contributed by atoms with Crippen LogP contribution in [0.25, 0.3) is 0 Å². The van der Waals surface area contributed by atoms with Crippen LogP contribution in [0.4, 0.5) is 0 Å². The number of aliphatic hydroxyl groups excluding tert-OH is 1. The number of thioether (sulfide) groups is 1. The van der Waals surface area contributed by atoms with Crippen molar-refractivity contribution in [2.45, 2.75) is 25.6 Å². The van der Waals surface area contributed by atoms with E-state index in [0.29, 0.717) is 13.2 Å². The highest BCUT2D eigenvalue weighted by Crippen LogP contribution is 2.22. The van der Waals surface area contributed by atoms with Gasteiger partial charge in [0.2, 0.25) is 0 Å². The molecule has 1 aliphatic rings. The van der Waals surface area contributed by atoms with Crippen LogP contribution in [0, 0.1) is 5.92 Å². The summed E-state index contributed by atoms with van der Waals surface area (Å²) in [7, 11) is 0. The molecule has 0 aliphatic carbocycles. The molecule has 3 nitrogen and oxygen atoms in total. The average molecular weight is 295 g/mol. The van der Waals surface area contributed by atoms with E-state index in [2.05, 4.69) is 5.32 Å². The van der Waals surface area contributed by atoms with Crippen molar-refractivity contribution in [1.82, 2.24) is 5.32 Å². The molecule has 1 aliphatic heterocycles. The van der Waals surface area contributed by atoms with Gasteiger partial charge in [0.1, 0.15) is 0 Å². The molecule has 0 amide bonds. The lowest BCUT2D eigenvalue weighted by molar-refractivity contribution is -0.00218. The molecule has 0 aromatic heterocycles. The molecular weight excluding hydrogens is 270 g/mol. The minimum atomic E-state index is -0.435. The SMILES string of the molecule is CC(OCC(O)CNCC1CCSC1)c1ccccc1. The normalized spacial score (nSPS) is 21.8. The Labute approximate surface area is 126 Å². The van der Waals surface area contributed by atoms with Gasteiger partial charge in [0.25, 0.3) is 0 Å². The van der Waals surface area contributed by atoms with E-state index in [1.807, 2.05) is 49.0 Å². The van der Waals surface area contributed by atoms with Crippen molar-refractivity contribution in [2.24, 2.45) is 5.92 Å². The number of ether oxygens (including phenoxy) is 1. The Morgan fingerprint density at radius 2 is 2.20 bits per heavy atom. The highest BCUT2D eigenvalue weighted by atomic mass is 32.2. The molecule has 1 heterocycles. The third kappa shape index (κ3) is 5.44. The van der Waals surface area contributed by atoms with E-state index in [4.69, 9.17) is 4.74 Å². The molecule has 20 heavy (non-hydrogen) atoms. The summed E-state index contributed by atoms with van der Waals surface area (Å²) in [6.07, 6.45) is 0.891. The minimum Gasteiger partial charge on any atom is -0.389 e. The molecule has 0 saturated carbocycles. The Kier molecular flexibility index (Phi) is 6.87. The van der Waals surface area contributed by atoms with E-state index in [9.17, 15) is 5.11 Å². The van der Waals surface area contributed by atoms with Crippen LogP contribution in [0.1, 0.15) is 25.0 Å². The maximum Gasteiger partial charge on any atom is 0.0897 e. The van der Waals surface area contributed by atoms with Gasteiger partial charge in [-0.05, 0) is 42.9 Å². The lowest BCUT2D eigenvalue weighted by Crippen LogP contribution is -2.33. The molecule has 3 unspecified atom stereocenters. The lowest BCUT2D eigenvalue weighted by atomic mass is 10.1. The molecule has 0 radical (unpaired) electrons. The van der Waals surface area contributed by atoms with Gasteiger partial charge in [-0.2, -0.15) is 11.8 Å². The summed E-state index contributed by atoms with van der Waals surface area (Å²) in [5.41, 5.74) is 1.15. The van der Waals surface area contributed by atoms with Crippen LogP contribution >= 0.6 is 11.8 Å². The third-order valence-corrected chi connectivity index (χ3v) is 4.88. The molecule has 0 spiro atoms. The third-order valence-electron chi connectivity index (χ3n) is 3.64. The number of aliphatic hydroxyl groups is 1. The van der Waals surface area contributed by atoms with Crippen molar-refractivity contribution in [1.29, 1.82) is 0 Å². The van der Waals surface area contributed by atoms with Gasteiger partial charge >= 0.3 is 0 Å². The van der Waals surface area contributed by atoms with E-state index in [-0.39, 0.29) is 6.10 Å². The van der Waals surface area contributed by atoms with Gasteiger partial charge in [-0.15, -0.1) is 0 Å². The number of hydrogen-bond donors (Lipinski definition) is 2. The van der Waals surface area contributed by atoms with Gasteiger partial charge in [0.05, 0.1) is 18.8 Å². The van der Waals surface area contributed by atoms with Crippen molar-refractivity contribution >= 4 is 11.8 Å². The summed E-state index contributed by atoms with van der Waals surface area (Å²) >= 11 is 2.03. The fraction of sp³-hybridized carbons (Fsp3) is 0.625. The number of nitrogens with one attached hydrogen (secondary N) is 1. The predicted octanol–water partition coefficient (Wildman–Crippen LogP) is 2.47. The molecule has 112 valence electrons. The summed E-state index contributed by atoms with van der Waals surface area (Å²) in [4.78, 5) is 0. The number of benzene rings is 1. The lowest BCUT2D eigenvalue weighted by Gasteiger charge is -2.18. The van der Waals surface area contributed by atoms with Gasteiger partial charge in [-0.25, -0.2) is 0 Å². The molecule has 1 fully saturated rings. The zero-order chi connectivity index (χ0) is 14.2. The first-order chi connectivity index (χ1) is 9.75. The van der Waals surface area contributed by atoms with E-state index >= 15 is 0 Å². The van der Waals surface area contributed by atoms with Crippen LogP contribution in [0.15, 0.2) is 30.3 Å². The van der Waals surface area contributed by atoms with Crippen LogP contribution in [-0.4, -0.2) is 42.4 Å². The minimum absolute atomic E-state index is 0.0251. The molecule has 2 N–H and O–H groups in total. The maximum atomic E-state index is 9.93. The van der Waals surface area contributed by atoms with E-state index in [1.54, 1.807) is 0 Å². The largest absolute Gasteiger partial charge is 0.389 e. The molecule has 2 rings (SSSR count). The van der Waals surface area contributed by atoms with Crippen LogP contribution < -0.4 is 5.32 Å². The van der Waals surface area contributed by atoms with Crippen LogP contribution in [0.2, 0.25) is 0 Å². The van der Waals surface area contributed by atoms with Crippen molar-refractivity contribution in [2.75, 3.05) is 31.2 Å². The van der Waals surface area contributed by atoms with Crippen molar-refractivity contribution in [3.63, 3.8) is 0 Å². The Bertz CT molecular complexity index is 368. The van der Waals surface area contributed by atoms with Crippen LogP contribution in [-0.2, 0) is 4.74 Å². The highest BCUT2D eigenvalue weighted by molar-refractivity contribution is 7.99. The summed E-state index contributed by atoms with van der Waals surface area (Å²) in [5, 5.41) is 13.3. The molecular formula is C16H25NO2S. The van der Waals surface area contributed by atoms with E-state index in [1.165, 1.54) is 17.9 Å². The summed E-state index contributed by atoms with van der Waals surface area (Å²) in [6.45, 7) is 4.02. The zero-order valence-electron chi connectivity index (χ0n) is 12.1. The van der Waals surface area contributed by atoms with Gasteiger partial charge < -0.3 is 15.2 Å². The van der Waals surface area contributed by atoms with Gasteiger partial charge in [0, 0.05) is 6.54 Å². The number of rotatable bonds is 8. The molecule has 4 heteroatoms. The molecule has 0 bridgehead atoms. The molecule has 1 aromatic rings. The standard InChI is InChI=1S/C16H25NO2S/c1-13(15-5-3-2-4-6-15)19-11-16(18)10-17-9-14-7-8-20-12-14/h2-6,13-14,16-18H,7-12H2,1H3. The van der Waals surface area contributed by atoms with Crippen molar-refractivity contribution in [3.8, 4) is 0 Å². The fourth-order valence-corrected chi connectivity index (χ4v) is 3.62. The quantitative estimate of drug-likeness (QED) is 0.773. The van der Waals surface area contributed by atoms with Crippen molar-refractivity contribution in [3.05, 3.63) is 35.9 Å². The molecule has 3 atom stereocenters. The van der Waals surface area contributed by atoms with Gasteiger partial charge in [-0.3, -0.25) is 0 Å².